The van der Waals surface area contributed by atoms with Crippen LogP contribution in [-0.2, 0) is 14.3 Å². The van der Waals surface area contributed by atoms with Crippen LogP contribution in [-0.4, -0.2) is 63.4 Å². The molecule has 0 fully saturated rings. The highest BCUT2D eigenvalue weighted by molar-refractivity contribution is 5.85. The van der Waals surface area contributed by atoms with E-state index in [1.807, 2.05) is 0 Å². The lowest BCUT2D eigenvalue weighted by molar-refractivity contribution is -0.133. The van der Waals surface area contributed by atoms with Gasteiger partial charge < -0.3 is 30.3 Å². The third-order valence-corrected chi connectivity index (χ3v) is 1.60. The van der Waals surface area contributed by atoms with Gasteiger partial charge in [-0.15, -0.1) is 0 Å². The summed E-state index contributed by atoms with van der Waals surface area (Å²) in [6, 6.07) is 0. The van der Waals surface area contributed by atoms with Crippen molar-refractivity contribution in [3.8, 4) is 0 Å². The molecule has 0 amide bonds. The highest BCUT2D eigenvalue weighted by Crippen LogP contribution is 1.91. The maximum atomic E-state index is 10.1. The molecular formula is C14H24O8. The van der Waals surface area contributed by atoms with Gasteiger partial charge in [0.05, 0.1) is 25.0 Å². The van der Waals surface area contributed by atoms with Crippen LogP contribution in [0.1, 0.15) is 13.8 Å². The van der Waals surface area contributed by atoms with E-state index in [4.69, 9.17) is 30.3 Å². The van der Waals surface area contributed by atoms with Crippen LogP contribution in [0.15, 0.2) is 36.6 Å². The number of aliphatic carboxylic acids is 2. The number of aliphatic hydroxyl groups excluding tert-OH is 3. The molecule has 0 bridgehead atoms. The second kappa shape index (κ2) is 16.9. The highest BCUT2D eigenvalue weighted by Gasteiger charge is 1.97. The summed E-state index contributed by atoms with van der Waals surface area (Å²) >= 11 is 0. The van der Waals surface area contributed by atoms with Gasteiger partial charge in [-0.3, -0.25) is 0 Å². The Hall–Kier alpha value is -2.16. The van der Waals surface area contributed by atoms with Crippen LogP contribution in [0.25, 0.3) is 0 Å². The molecule has 0 heterocycles. The number of rotatable bonds is 7. The third kappa shape index (κ3) is 23.0. The molecule has 0 spiro atoms. The lowest BCUT2D eigenvalue weighted by Crippen LogP contribution is -2.15. The Balaban J connectivity index is -0.000000261. The zero-order valence-corrected chi connectivity index (χ0v) is 12.7. The first-order chi connectivity index (χ1) is 10.1. The van der Waals surface area contributed by atoms with Gasteiger partial charge in [-0.2, -0.15) is 0 Å². The fraction of sp³-hybridized carbons (Fsp3) is 0.429. The van der Waals surface area contributed by atoms with Crippen LogP contribution in [0, 0.1) is 0 Å². The molecule has 0 aromatic rings. The molecule has 0 aromatic heterocycles. The maximum Gasteiger partial charge on any atom is 0.334 e. The standard InChI is InChI=1S/C7H10O3.C4H6O2.C3H8O3/c1-3-4-10-5-6(2)7(8)9;1-3(2)4(5)6;4-1-3(6)2-5/h3,5H,1,4H2,2H3,(H,8,9);1H2,2H3,(H,5,6);3-6H,1-2H2. The quantitative estimate of drug-likeness (QED) is 0.193. The number of carbonyl (C=O) groups is 2. The Kier molecular flexibility index (Phi) is 19.1. The van der Waals surface area contributed by atoms with Gasteiger partial charge in [0, 0.05) is 5.57 Å². The van der Waals surface area contributed by atoms with Crippen molar-refractivity contribution >= 4 is 11.9 Å². The maximum absolute atomic E-state index is 10.1. The smallest absolute Gasteiger partial charge is 0.334 e. The minimum Gasteiger partial charge on any atom is -0.497 e. The van der Waals surface area contributed by atoms with Crippen LogP contribution in [0.3, 0.4) is 0 Å². The lowest BCUT2D eigenvalue weighted by Gasteiger charge is -1.96. The van der Waals surface area contributed by atoms with E-state index >= 15 is 0 Å². The number of hydrogen-bond acceptors (Lipinski definition) is 6. The van der Waals surface area contributed by atoms with Crippen molar-refractivity contribution < 1.29 is 39.9 Å². The Morgan fingerprint density at radius 2 is 1.55 bits per heavy atom. The Bertz CT molecular complexity index is 357. The van der Waals surface area contributed by atoms with Crippen molar-refractivity contribution in [2.75, 3.05) is 19.8 Å². The lowest BCUT2D eigenvalue weighted by atomic mass is 10.3. The normalized spacial score (nSPS) is 9.64. The summed E-state index contributed by atoms with van der Waals surface area (Å²) in [6.45, 7) is 9.08. The topological polar surface area (TPSA) is 145 Å². The molecule has 0 unspecified atom stereocenters. The van der Waals surface area contributed by atoms with Crippen LogP contribution in [0.2, 0.25) is 0 Å². The summed E-state index contributed by atoms with van der Waals surface area (Å²) in [5.41, 5.74) is 0.358. The van der Waals surface area contributed by atoms with Gasteiger partial charge in [0.15, 0.2) is 0 Å². The van der Waals surface area contributed by atoms with Crippen LogP contribution < -0.4 is 0 Å². The van der Waals surface area contributed by atoms with Gasteiger partial charge in [-0.1, -0.05) is 19.2 Å². The molecule has 22 heavy (non-hydrogen) atoms. The second-order valence-electron chi connectivity index (χ2n) is 3.83. The molecule has 0 rings (SSSR count). The van der Waals surface area contributed by atoms with Gasteiger partial charge in [-0.05, 0) is 13.8 Å². The van der Waals surface area contributed by atoms with Crippen LogP contribution in [0.5, 0.6) is 0 Å². The minimum absolute atomic E-state index is 0.176. The molecule has 0 radical (unpaired) electrons. The summed E-state index contributed by atoms with van der Waals surface area (Å²) in [5, 5.41) is 40.2. The van der Waals surface area contributed by atoms with Gasteiger partial charge in [0.2, 0.25) is 0 Å². The van der Waals surface area contributed by atoms with Crippen molar-refractivity contribution in [2.45, 2.75) is 20.0 Å². The number of carboxylic acid groups (broad SMARTS) is 2. The molecule has 0 saturated heterocycles. The van der Waals surface area contributed by atoms with Gasteiger partial charge in [-0.25, -0.2) is 9.59 Å². The van der Waals surface area contributed by atoms with Crippen molar-refractivity contribution in [3.05, 3.63) is 36.6 Å². The first-order valence-corrected chi connectivity index (χ1v) is 6.05. The number of ether oxygens (including phenoxy) is 1. The number of aliphatic hydroxyl groups is 3. The van der Waals surface area contributed by atoms with E-state index in [9.17, 15) is 9.59 Å². The first-order valence-electron chi connectivity index (χ1n) is 6.05. The zero-order valence-electron chi connectivity index (χ0n) is 12.7. The van der Waals surface area contributed by atoms with E-state index in [1.54, 1.807) is 6.08 Å². The predicted octanol–water partition coefficient (Wildman–Crippen LogP) is 0.156. The largest absolute Gasteiger partial charge is 0.497 e. The summed E-state index contributed by atoms with van der Waals surface area (Å²) in [6.07, 6.45) is 1.79. The molecule has 0 aliphatic carbocycles. The Labute approximate surface area is 129 Å². The average Bonchev–Trinajstić information content (AvgIpc) is 2.47. The number of hydrogen-bond donors (Lipinski definition) is 5. The molecule has 5 N–H and O–H groups in total. The van der Waals surface area contributed by atoms with Gasteiger partial charge >= 0.3 is 11.9 Å². The second-order valence-corrected chi connectivity index (χ2v) is 3.83. The molecule has 0 aliphatic rings. The SMILES string of the molecule is C=C(C)C(=O)O.C=CCOC=C(C)C(=O)O.OCC(O)CO. The summed E-state index contributed by atoms with van der Waals surface area (Å²) in [5.74, 6) is -1.90. The Morgan fingerprint density at radius 3 is 1.73 bits per heavy atom. The van der Waals surface area contributed by atoms with E-state index in [0.29, 0.717) is 6.61 Å². The average molecular weight is 320 g/mol. The number of carboxylic acids is 2. The Morgan fingerprint density at radius 1 is 1.14 bits per heavy atom. The summed E-state index contributed by atoms with van der Waals surface area (Å²) in [4.78, 5) is 19.7. The molecular weight excluding hydrogens is 296 g/mol. The molecule has 0 saturated carbocycles. The molecule has 8 nitrogen and oxygen atoms in total. The van der Waals surface area contributed by atoms with E-state index < -0.39 is 18.0 Å². The van der Waals surface area contributed by atoms with Gasteiger partial charge in [0.25, 0.3) is 0 Å². The van der Waals surface area contributed by atoms with Gasteiger partial charge in [0.1, 0.15) is 12.7 Å². The van der Waals surface area contributed by atoms with Crippen molar-refractivity contribution in [3.63, 3.8) is 0 Å². The summed E-state index contributed by atoms with van der Waals surface area (Å²) < 4.78 is 4.74. The first kappa shape index (κ1) is 24.8. The fourth-order valence-electron chi connectivity index (χ4n) is 0.349. The van der Waals surface area contributed by atoms with Crippen LogP contribution >= 0.6 is 0 Å². The van der Waals surface area contributed by atoms with Crippen molar-refractivity contribution in [2.24, 2.45) is 0 Å². The predicted molar refractivity (Wildman–Crippen MR) is 80.2 cm³/mol. The summed E-state index contributed by atoms with van der Waals surface area (Å²) in [7, 11) is 0. The van der Waals surface area contributed by atoms with Crippen LogP contribution in [0.4, 0.5) is 0 Å². The van der Waals surface area contributed by atoms with E-state index in [-0.39, 0.29) is 24.4 Å². The van der Waals surface area contributed by atoms with E-state index in [0.717, 1.165) is 0 Å². The minimum atomic E-state index is -0.968. The zero-order chi connectivity index (χ0) is 18.1. The van der Waals surface area contributed by atoms with E-state index in [2.05, 4.69) is 13.2 Å². The molecule has 128 valence electrons. The third-order valence-electron chi connectivity index (χ3n) is 1.60. The van der Waals surface area contributed by atoms with Crippen molar-refractivity contribution in [1.82, 2.24) is 0 Å². The fourth-order valence-corrected chi connectivity index (χ4v) is 0.349. The molecule has 0 aliphatic heterocycles. The molecule has 0 atom stereocenters. The van der Waals surface area contributed by atoms with Crippen molar-refractivity contribution in [1.29, 1.82) is 0 Å². The molecule has 0 aromatic carbocycles. The molecule has 8 heteroatoms. The van der Waals surface area contributed by atoms with E-state index in [1.165, 1.54) is 20.1 Å². The monoisotopic (exact) mass is 320 g/mol. The highest BCUT2D eigenvalue weighted by atomic mass is 16.5.